The van der Waals surface area contributed by atoms with E-state index in [2.05, 4.69) is 0 Å². The standard InChI is InChI=1S/C16H16N2O8S/c1-26-12-6-2-10(3-7-12)15(19)14(16(20)21)17-27(24,25)13-8-4-11(5-9-13)18(22)23/h2-9,14-15,17,19H,1H3,(H,20,21). The van der Waals surface area contributed by atoms with Gasteiger partial charge in [0.05, 0.1) is 16.9 Å². The number of aliphatic hydroxyl groups is 1. The Labute approximate surface area is 154 Å². The Bertz CT molecular complexity index is 926. The van der Waals surface area contributed by atoms with Crippen LogP contribution in [0.2, 0.25) is 0 Å². The number of carboxylic acid groups (broad SMARTS) is 1. The van der Waals surface area contributed by atoms with Crippen molar-refractivity contribution in [2.45, 2.75) is 17.0 Å². The summed E-state index contributed by atoms with van der Waals surface area (Å²) in [5, 5.41) is 30.3. The Balaban J connectivity index is 2.27. The van der Waals surface area contributed by atoms with Crippen LogP contribution in [-0.4, -0.2) is 42.7 Å². The summed E-state index contributed by atoms with van der Waals surface area (Å²) in [6.07, 6.45) is -1.68. The highest BCUT2D eigenvalue weighted by Gasteiger charge is 2.33. The van der Waals surface area contributed by atoms with Crippen LogP contribution in [-0.2, 0) is 14.8 Å². The second-order valence-corrected chi connectivity index (χ2v) is 7.12. The van der Waals surface area contributed by atoms with E-state index in [1.54, 1.807) is 0 Å². The molecule has 0 saturated heterocycles. The largest absolute Gasteiger partial charge is 0.497 e. The number of non-ortho nitro benzene ring substituents is 1. The average molecular weight is 396 g/mol. The first kappa shape index (κ1) is 20.3. The Morgan fingerprint density at radius 2 is 1.70 bits per heavy atom. The van der Waals surface area contributed by atoms with Crippen molar-refractivity contribution in [2.24, 2.45) is 0 Å². The summed E-state index contributed by atoms with van der Waals surface area (Å²) in [7, 11) is -2.92. The van der Waals surface area contributed by atoms with Gasteiger partial charge in [-0.3, -0.25) is 14.9 Å². The SMILES string of the molecule is COc1ccc(C(O)C(NS(=O)(=O)c2ccc([N+](=O)[O-])cc2)C(=O)O)cc1. The Morgan fingerprint density at radius 1 is 1.15 bits per heavy atom. The van der Waals surface area contributed by atoms with Gasteiger partial charge in [0.25, 0.3) is 5.69 Å². The van der Waals surface area contributed by atoms with Crippen molar-refractivity contribution in [3.05, 3.63) is 64.2 Å². The molecule has 0 saturated carbocycles. The number of benzene rings is 2. The van der Waals surface area contributed by atoms with Gasteiger partial charge in [-0.05, 0) is 29.8 Å². The highest BCUT2D eigenvalue weighted by molar-refractivity contribution is 7.89. The fraction of sp³-hybridized carbons (Fsp3) is 0.188. The second-order valence-electron chi connectivity index (χ2n) is 5.41. The van der Waals surface area contributed by atoms with Crippen LogP contribution in [0.15, 0.2) is 53.4 Å². The molecular weight excluding hydrogens is 380 g/mol. The fourth-order valence-electron chi connectivity index (χ4n) is 2.23. The number of aliphatic hydroxyl groups excluding tert-OH is 1. The number of nitro groups is 1. The van der Waals surface area contributed by atoms with Crippen molar-refractivity contribution >= 4 is 21.7 Å². The Morgan fingerprint density at radius 3 is 2.15 bits per heavy atom. The number of ether oxygens (including phenoxy) is 1. The van der Waals surface area contributed by atoms with E-state index in [-0.39, 0.29) is 16.1 Å². The van der Waals surface area contributed by atoms with Crippen molar-refractivity contribution in [1.29, 1.82) is 0 Å². The van der Waals surface area contributed by atoms with Crippen molar-refractivity contribution < 1.29 is 33.1 Å². The first-order valence-corrected chi connectivity index (χ1v) is 8.95. The molecule has 0 aliphatic heterocycles. The zero-order valence-electron chi connectivity index (χ0n) is 14.0. The fourth-order valence-corrected chi connectivity index (χ4v) is 3.42. The van der Waals surface area contributed by atoms with E-state index in [4.69, 9.17) is 4.74 Å². The number of nitrogens with zero attached hydrogens (tertiary/aromatic N) is 1. The zero-order valence-corrected chi connectivity index (χ0v) is 14.8. The Kier molecular flexibility index (Phi) is 6.10. The molecule has 0 bridgehead atoms. The lowest BCUT2D eigenvalue weighted by Gasteiger charge is -2.21. The van der Waals surface area contributed by atoms with E-state index < -0.39 is 33.1 Å². The summed E-state index contributed by atoms with van der Waals surface area (Å²) in [6, 6.07) is 7.80. The van der Waals surface area contributed by atoms with Gasteiger partial charge in [0.15, 0.2) is 0 Å². The molecule has 0 spiro atoms. The summed E-state index contributed by atoms with van der Waals surface area (Å²) in [6.45, 7) is 0. The van der Waals surface area contributed by atoms with Gasteiger partial charge in [0.2, 0.25) is 10.0 Å². The zero-order chi connectivity index (χ0) is 20.2. The maximum absolute atomic E-state index is 12.4. The van der Waals surface area contributed by atoms with Crippen LogP contribution in [0.25, 0.3) is 0 Å². The molecule has 2 atom stereocenters. The van der Waals surface area contributed by atoms with Crippen LogP contribution in [0, 0.1) is 10.1 Å². The number of hydrogen-bond donors (Lipinski definition) is 3. The van der Waals surface area contributed by atoms with Gasteiger partial charge in [-0.1, -0.05) is 12.1 Å². The molecule has 2 unspecified atom stereocenters. The molecule has 144 valence electrons. The molecular formula is C16H16N2O8S. The van der Waals surface area contributed by atoms with Crippen LogP contribution in [0.3, 0.4) is 0 Å². The normalized spacial score (nSPS) is 13.6. The molecule has 2 aromatic rings. The molecule has 0 aliphatic carbocycles. The average Bonchev–Trinajstić information content (AvgIpc) is 2.65. The molecule has 10 nitrogen and oxygen atoms in total. The quantitative estimate of drug-likeness (QED) is 0.442. The molecule has 11 heteroatoms. The van der Waals surface area contributed by atoms with E-state index >= 15 is 0 Å². The summed E-state index contributed by atoms with van der Waals surface area (Å²) < 4.78 is 31.6. The number of rotatable bonds is 8. The first-order valence-electron chi connectivity index (χ1n) is 7.47. The minimum Gasteiger partial charge on any atom is -0.497 e. The van der Waals surface area contributed by atoms with Gasteiger partial charge in [-0.25, -0.2) is 8.42 Å². The van der Waals surface area contributed by atoms with E-state index in [9.17, 15) is 33.5 Å². The smallest absolute Gasteiger partial charge is 0.324 e. The highest BCUT2D eigenvalue weighted by atomic mass is 32.2. The number of carbonyl (C=O) groups is 1. The molecule has 0 radical (unpaired) electrons. The van der Waals surface area contributed by atoms with Crippen LogP contribution in [0.1, 0.15) is 11.7 Å². The maximum atomic E-state index is 12.4. The van der Waals surface area contributed by atoms with Gasteiger partial charge in [-0.15, -0.1) is 0 Å². The second kappa shape index (κ2) is 8.12. The molecule has 2 aromatic carbocycles. The molecule has 2 rings (SSSR count). The van der Waals surface area contributed by atoms with Crippen LogP contribution in [0.5, 0.6) is 5.75 Å². The van der Waals surface area contributed by atoms with Crippen molar-refractivity contribution in [3.8, 4) is 5.75 Å². The lowest BCUT2D eigenvalue weighted by Crippen LogP contribution is -2.44. The maximum Gasteiger partial charge on any atom is 0.324 e. The van der Waals surface area contributed by atoms with E-state index in [1.165, 1.54) is 31.4 Å². The van der Waals surface area contributed by atoms with E-state index in [0.29, 0.717) is 5.75 Å². The summed E-state index contributed by atoms with van der Waals surface area (Å²) in [4.78, 5) is 21.1. The van der Waals surface area contributed by atoms with Crippen molar-refractivity contribution in [2.75, 3.05) is 7.11 Å². The molecule has 3 N–H and O–H groups in total. The van der Waals surface area contributed by atoms with Gasteiger partial charge < -0.3 is 14.9 Å². The lowest BCUT2D eigenvalue weighted by molar-refractivity contribution is -0.384. The Hall–Kier alpha value is -3.02. The number of nitro benzene ring substituents is 1. The number of methoxy groups -OCH3 is 1. The van der Waals surface area contributed by atoms with E-state index in [0.717, 1.165) is 24.3 Å². The molecule has 0 aromatic heterocycles. The van der Waals surface area contributed by atoms with Gasteiger partial charge in [0, 0.05) is 12.1 Å². The van der Waals surface area contributed by atoms with Gasteiger partial charge >= 0.3 is 5.97 Å². The molecule has 0 heterocycles. The topological polar surface area (TPSA) is 156 Å². The minimum absolute atomic E-state index is 0.162. The van der Waals surface area contributed by atoms with Crippen molar-refractivity contribution in [1.82, 2.24) is 4.72 Å². The molecule has 0 fully saturated rings. The van der Waals surface area contributed by atoms with Crippen LogP contribution in [0.4, 0.5) is 5.69 Å². The highest BCUT2D eigenvalue weighted by Crippen LogP contribution is 2.23. The number of carboxylic acids is 1. The first-order chi connectivity index (χ1) is 12.7. The van der Waals surface area contributed by atoms with Crippen LogP contribution < -0.4 is 9.46 Å². The number of nitrogens with one attached hydrogen (secondary N) is 1. The third-order valence-electron chi connectivity index (χ3n) is 3.68. The summed E-state index contributed by atoms with van der Waals surface area (Å²) in [5.74, 6) is -1.12. The number of aliphatic carboxylic acids is 1. The van der Waals surface area contributed by atoms with Gasteiger partial charge in [-0.2, -0.15) is 4.72 Å². The summed E-state index contributed by atoms with van der Waals surface area (Å²) in [5.41, 5.74) is -0.156. The van der Waals surface area contributed by atoms with Crippen molar-refractivity contribution in [3.63, 3.8) is 0 Å². The van der Waals surface area contributed by atoms with Gasteiger partial charge in [0.1, 0.15) is 17.9 Å². The molecule has 0 amide bonds. The van der Waals surface area contributed by atoms with Crippen LogP contribution >= 0.6 is 0 Å². The monoisotopic (exact) mass is 396 g/mol. The number of sulfonamides is 1. The van der Waals surface area contributed by atoms with E-state index in [1.807, 2.05) is 4.72 Å². The predicted molar refractivity (Wildman–Crippen MR) is 92.8 cm³/mol. The predicted octanol–water partition coefficient (Wildman–Crippen LogP) is 1.07. The minimum atomic E-state index is -4.35. The summed E-state index contributed by atoms with van der Waals surface area (Å²) >= 11 is 0. The third-order valence-corrected chi connectivity index (χ3v) is 5.14. The number of hydrogen-bond acceptors (Lipinski definition) is 7. The molecule has 27 heavy (non-hydrogen) atoms. The third kappa shape index (κ3) is 4.78. The lowest BCUT2D eigenvalue weighted by atomic mass is 10.0. The molecule has 0 aliphatic rings.